The van der Waals surface area contributed by atoms with E-state index in [2.05, 4.69) is 15.3 Å². The van der Waals surface area contributed by atoms with E-state index in [1.165, 1.54) is 12.1 Å². The highest BCUT2D eigenvalue weighted by molar-refractivity contribution is 7.99. The summed E-state index contributed by atoms with van der Waals surface area (Å²) in [7, 11) is 0. The topological polar surface area (TPSA) is 101 Å². The number of hydrogen-bond donors (Lipinski definition) is 2. The van der Waals surface area contributed by atoms with Gasteiger partial charge in [0, 0.05) is 12.1 Å². The highest BCUT2D eigenvalue weighted by atomic mass is 32.2. The number of aromatic nitrogens is 2. The molecule has 7 nitrogen and oxygen atoms in total. The van der Waals surface area contributed by atoms with Gasteiger partial charge in [-0.3, -0.25) is 14.9 Å². The van der Waals surface area contributed by atoms with E-state index >= 15 is 0 Å². The fourth-order valence-electron chi connectivity index (χ4n) is 2.20. The van der Waals surface area contributed by atoms with Crippen molar-refractivity contribution in [3.63, 3.8) is 0 Å². The van der Waals surface area contributed by atoms with Crippen LogP contribution in [0.4, 0.5) is 20.2 Å². The van der Waals surface area contributed by atoms with Crippen LogP contribution in [0.15, 0.2) is 53.8 Å². The summed E-state index contributed by atoms with van der Waals surface area (Å²) < 4.78 is 26.6. The molecule has 1 amide bonds. The van der Waals surface area contributed by atoms with Gasteiger partial charge in [-0.1, -0.05) is 11.8 Å². The lowest BCUT2D eigenvalue weighted by atomic mass is 10.2. The number of halogens is 2. The Labute approximate surface area is 156 Å². The van der Waals surface area contributed by atoms with Gasteiger partial charge >= 0.3 is 0 Å². The molecule has 0 aliphatic rings. The minimum Gasteiger partial charge on any atom is -0.333 e. The van der Waals surface area contributed by atoms with Gasteiger partial charge in [0.15, 0.2) is 5.16 Å². The summed E-state index contributed by atoms with van der Waals surface area (Å²) in [4.78, 5) is 29.1. The number of nitrogens with one attached hydrogen (secondary N) is 2. The quantitative estimate of drug-likeness (QED) is 0.376. The van der Waals surface area contributed by atoms with Crippen LogP contribution in [0.2, 0.25) is 0 Å². The number of anilines is 1. The lowest BCUT2D eigenvalue weighted by Crippen LogP contribution is -2.15. The minimum atomic E-state index is -0.768. The Bertz CT molecular complexity index is 992. The van der Waals surface area contributed by atoms with E-state index in [0.717, 1.165) is 35.5 Å². The van der Waals surface area contributed by atoms with Crippen molar-refractivity contribution in [2.75, 3.05) is 11.1 Å². The zero-order valence-electron chi connectivity index (χ0n) is 13.6. The van der Waals surface area contributed by atoms with Crippen molar-refractivity contribution >= 4 is 29.0 Å². The molecule has 0 spiro atoms. The molecule has 1 aromatic heterocycles. The van der Waals surface area contributed by atoms with Crippen LogP contribution in [0.3, 0.4) is 0 Å². The third-order valence-electron chi connectivity index (χ3n) is 3.48. The smallest absolute Gasteiger partial charge is 0.271 e. The number of nitro benzene ring substituents is 1. The third-order valence-corrected chi connectivity index (χ3v) is 4.37. The molecule has 0 radical (unpaired) electrons. The zero-order valence-corrected chi connectivity index (χ0v) is 14.4. The minimum absolute atomic E-state index is 0.0848. The number of amides is 1. The molecule has 0 atom stereocenters. The number of carbonyl (C=O) groups is 1. The van der Waals surface area contributed by atoms with Gasteiger partial charge in [0.25, 0.3) is 5.69 Å². The van der Waals surface area contributed by atoms with Crippen molar-refractivity contribution in [2.24, 2.45) is 0 Å². The summed E-state index contributed by atoms with van der Waals surface area (Å²) in [6.45, 7) is 0. The molecule has 0 bridgehead atoms. The van der Waals surface area contributed by atoms with Crippen LogP contribution < -0.4 is 5.32 Å². The van der Waals surface area contributed by atoms with Gasteiger partial charge in [0.05, 0.1) is 28.3 Å². The number of hydrogen-bond acceptors (Lipinski definition) is 5. The molecule has 0 aliphatic carbocycles. The van der Waals surface area contributed by atoms with Gasteiger partial charge in [-0.25, -0.2) is 13.8 Å². The molecule has 3 aromatic rings. The number of benzene rings is 2. The van der Waals surface area contributed by atoms with Crippen LogP contribution in [0, 0.1) is 21.7 Å². The van der Waals surface area contributed by atoms with Crippen molar-refractivity contribution in [3.8, 4) is 11.3 Å². The predicted octanol–water partition coefficient (Wildman–Crippen LogP) is 3.99. The number of nitrogens with zero attached hydrogens (tertiary/aromatic N) is 2. The predicted molar refractivity (Wildman–Crippen MR) is 96.4 cm³/mol. The first-order valence-electron chi connectivity index (χ1n) is 7.60. The lowest BCUT2D eigenvalue weighted by molar-refractivity contribution is -0.384. The van der Waals surface area contributed by atoms with Crippen LogP contribution in [-0.4, -0.2) is 26.6 Å². The molecule has 10 heteroatoms. The van der Waals surface area contributed by atoms with Crippen LogP contribution in [0.5, 0.6) is 0 Å². The first kappa shape index (κ1) is 18.5. The number of nitro groups is 1. The Morgan fingerprint density at radius 3 is 2.67 bits per heavy atom. The van der Waals surface area contributed by atoms with Crippen molar-refractivity contribution in [2.45, 2.75) is 5.16 Å². The van der Waals surface area contributed by atoms with E-state index in [0.29, 0.717) is 10.9 Å². The molecule has 138 valence electrons. The Kier molecular flexibility index (Phi) is 5.46. The van der Waals surface area contributed by atoms with E-state index in [4.69, 9.17) is 0 Å². The Morgan fingerprint density at radius 2 is 1.96 bits per heavy atom. The Hall–Kier alpha value is -3.27. The molecule has 0 saturated heterocycles. The van der Waals surface area contributed by atoms with Crippen molar-refractivity contribution in [3.05, 3.63) is 70.4 Å². The van der Waals surface area contributed by atoms with Gasteiger partial charge in [-0.05, 0) is 35.9 Å². The maximum absolute atomic E-state index is 13.7. The average molecular weight is 390 g/mol. The molecule has 2 aromatic carbocycles. The highest BCUT2D eigenvalue weighted by Crippen LogP contribution is 2.23. The summed E-state index contributed by atoms with van der Waals surface area (Å²) >= 11 is 1.07. The molecule has 0 fully saturated rings. The maximum atomic E-state index is 13.7. The summed E-state index contributed by atoms with van der Waals surface area (Å²) in [5, 5.41) is 13.5. The molecule has 1 heterocycles. The van der Waals surface area contributed by atoms with Gasteiger partial charge in [0.1, 0.15) is 11.6 Å². The maximum Gasteiger partial charge on any atom is 0.271 e. The first-order valence-corrected chi connectivity index (χ1v) is 8.58. The van der Waals surface area contributed by atoms with E-state index in [9.17, 15) is 23.7 Å². The van der Waals surface area contributed by atoms with Crippen molar-refractivity contribution in [1.29, 1.82) is 0 Å². The third kappa shape index (κ3) is 4.67. The van der Waals surface area contributed by atoms with Crippen molar-refractivity contribution < 1.29 is 18.5 Å². The summed E-state index contributed by atoms with van der Waals surface area (Å²) in [6, 6.07) is 8.72. The van der Waals surface area contributed by atoms with E-state index in [1.54, 1.807) is 18.3 Å². The van der Waals surface area contributed by atoms with Crippen LogP contribution in [0.1, 0.15) is 0 Å². The SMILES string of the molecule is O=C(CSc1ncc(-c2ccc(F)cc2)[nH]1)Nc1cc([N+](=O)[O-])ccc1F. The lowest BCUT2D eigenvalue weighted by Gasteiger charge is -2.05. The number of carbonyl (C=O) groups excluding carboxylic acids is 1. The molecule has 0 saturated carbocycles. The number of aromatic amines is 1. The molecule has 0 aliphatic heterocycles. The monoisotopic (exact) mass is 390 g/mol. The number of rotatable bonds is 6. The summed E-state index contributed by atoms with van der Waals surface area (Å²) in [5.74, 6) is -1.74. The fourth-order valence-corrected chi connectivity index (χ4v) is 2.84. The summed E-state index contributed by atoms with van der Waals surface area (Å²) in [5.41, 5.74) is 0.803. The average Bonchev–Trinajstić information content (AvgIpc) is 3.11. The van der Waals surface area contributed by atoms with Crippen LogP contribution in [-0.2, 0) is 4.79 Å². The highest BCUT2D eigenvalue weighted by Gasteiger charge is 2.14. The van der Waals surface area contributed by atoms with E-state index in [-0.39, 0.29) is 22.9 Å². The van der Waals surface area contributed by atoms with E-state index in [1.807, 2.05) is 0 Å². The first-order chi connectivity index (χ1) is 12.9. The number of thioether (sulfide) groups is 1. The largest absolute Gasteiger partial charge is 0.333 e. The summed E-state index contributed by atoms with van der Waals surface area (Å²) in [6.07, 6.45) is 1.55. The number of H-pyrrole nitrogens is 1. The second kappa shape index (κ2) is 7.96. The van der Waals surface area contributed by atoms with Gasteiger partial charge in [-0.2, -0.15) is 0 Å². The van der Waals surface area contributed by atoms with Crippen LogP contribution in [0.25, 0.3) is 11.3 Å². The van der Waals surface area contributed by atoms with Gasteiger partial charge < -0.3 is 10.3 Å². The molecule has 3 rings (SSSR count). The molecule has 27 heavy (non-hydrogen) atoms. The fraction of sp³-hybridized carbons (Fsp3) is 0.0588. The van der Waals surface area contributed by atoms with Crippen LogP contribution >= 0.6 is 11.8 Å². The number of non-ortho nitro benzene ring substituents is 1. The Balaban J connectivity index is 1.61. The normalized spacial score (nSPS) is 10.6. The number of imidazole rings is 1. The standard InChI is InChI=1S/C17H12F2N4O3S/c18-11-3-1-10(2-4-11)15-8-20-17(22-15)27-9-16(24)21-14-7-12(23(25)26)5-6-13(14)19/h1-8H,9H2,(H,20,22)(H,21,24). The Morgan fingerprint density at radius 1 is 1.22 bits per heavy atom. The van der Waals surface area contributed by atoms with E-state index < -0.39 is 16.6 Å². The van der Waals surface area contributed by atoms with Gasteiger partial charge in [0.2, 0.25) is 5.91 Å². The molecule has 2 N–H and O–H groups in total. The molecular formula is C17H12F2N4O3S. The molecular weight excluding hydrogens is 378 g/mol. The van der Waals surface area contributed by atoms with Gasteiger partial charge in [-0.15, -0.1) is 0 Å². The molecule has 0 unspecified atom stereocenters. The zero-order chi connectivity index (χ0) is 19.4. The second-order valence-corrected chi connectivity index (χ2v) is 6.33. The second-order valence-electron chi connectivity index (χ2n) is 5.37. The van der Waals surface area contributed by atoms with Crippen molar-refractivity contribution in [1.82, 2.24) is 9.97 Å².